The SMILES string of the molecule is N#Cc1ccc(Nc2nccc(C(=O)c3ccccc3)n2)cc1. The standard InChI is InChI=1S/C18H12N4O/c19-12-13-6-8-15(9-7-13)21-18-20-11-10-16(22-18)17(23)14-4-2-1-3-5-14/h1-11H,(H,20,21,22). The molecule has 5 nitrogen and oxygen atoms in total. The molecular formula is C18H12N4O. The van der Waals surface area contributed by atoms with Gasteiger partial charge >= 0.3 is 0 Å². The van der Waals surface area contributed by atoms with E-state index in [1.807, 2.05) is 18.2 Å². The lowest BCUT2D eigenvalue weighted by atomic mass is 10.1. The van der Waals surface area contributed by atoms with E-state index in [0.29, 0.717) is 22.8 Å². The number of carbonyl (C=O) groups is 1. The second-order valence-corrected chi connectivity index (χ2v) is 4.77. The van der Waals surface area contributed by atoms with Gasteiger partial charge in [-0.15, -0.1) is 0 Å². The van der Waals surface area contributed by atoms with Crippen LogP contribution in [0.25, 0.3) is 0 Å². The van der Waals surface area contributed by atoms with Crippen LogP contribution in [0.15, 0.2) is 66.9 Å². The van der Waals surface area contributed by atoms with Gasteiger partial charge in [0.25, 0.3) is 0 Å². The molecule has 0 fully saturated rings. The van der Waals surface area contributed by atoms with Crippen molar-refractivity contribution in [2.75, 3.05) is 5.32 Å². The Kier molecular flexibility index (Phi) is 4.07. The highest BCUT2D eigenvalue weighted by Crippen LogP contribution is 2.15. The highest BCUT2D eigenvalue weighted by molar-refractivity contribution is 6.07. The molecule has 0 aliphatic rings. The zero-order chi connectivity index (χ0) is 16.1. The van der Waals surface area contributed by atoms with Crippen LogP contribution in [0.4, 0.5) is 11.6 Å². The fourth-order valence-corrected chi connectivity index (χ4v) is 2.04. The minimum atomic E-state index is -0.157. The molecule has 0 spiro atoms. The summed E-state index contributed by atoms with van der Waals surface area (Å²) in [6.07, 6.45) is 1.54. The van der Waals surface area contributed by atoms with Gasteiger partial charge in [0.1, 0.15) is 5.69 Å². The van der Waals surface area contributed by atoms with Gasteiger partial charge in [0.2, 0.25) is 11.7 Å². The molecule has 5 heteroatoms. The second kappa shape index (κ2) is 6.50. The Bertz CT molecular complexity index is 868. The van der Waals surface area contributed by atoms with Gasteiger partial charge in [-0.1, -0.05) is 30.3 Å². The minimum absolute atomic E-state index is 0.157. The number of hydrogen-bond acceptors (Lipinski definition) is 5. The number of ketones is 1. The second-order valence-electron chi connectivity index (χ2n) is 4.77. The van der Waals surface area contributed by atoms with E-state index in [0.717, 1.165) is 5.69 Å². The van der Waals surface area contributed by atoms with Crippen LogP contribution >= 0.6 is 0 Å². The highest BCUT2D eigenvalue weighted by atomic mass is 16.1. The highest BCUT2D eigenvalue weighted by Gasteiger charge is 2.11. The first kappa shape index (κ1) is 14.4. The van der Waals surface area contributed by atoms with Crippen LogP contribution in [0.2, 0.25) is 0 Å². The summed E-state index contributed by atoms with van der Waals surface area (Å²) in [5, 5.41) is 11.8. The van der Waals surface area contributed by atoms with Crippen molar-refractivity contribution < 1.29 is 4.79 Å². The molecule has 2 aromatic carbocycles. The first-order chi connectivity index (χ1) is 11.3. The quantitative estimate of drug-likeness (QED) is 0.748. The zero-order valence-electron chi connectivity index (χ0n) is 12.1. The number of hydrogen-bond donors (Lipinski definition) is 1. The number of benzene rings is 2. The molecule has 0 radical (unpaired) electrons. The average Bonchev–Trinajstić information content (AvgIpc) is 2.63. The van der Waals surface area contributed by atoms with Crippen LogP contribution in [0.3, 0.4) is 0 Å². The van der Waals surface area contributed by atoms with Crippen LogP contribution in [0.1, 0.15) is 21.6 Å². The Labute approximate surface area is 133 Å². The van der Waals surface area contributed by atoms with E-state index in [9.17, 15) is 4.79 Å². The van der Waals surface area contributed by atoms with Crippen molar-refractivity contribution >= 4 is 17.4 Å². The molecule has 1 aromatic heterocycles. The molecule has 0 unspecified atom stereocenters. The number of nitriles is 1. The van der Waals surface area contributed by atoms with Gasteiger partial charge in [-0.2, -0.15) is 5.26 Å². The average molecular weight is 300 g/mol. The van der Waals surface area contributed by atoms with Crippen LogP contribution < -0.4 is 5.32 Å². The van der Waals surface area contributed by atoms with Gasteiger partial charge < -0.3 is 5.32 Å². The van der Waals surface area contributed by atoms with Gasteiger partial charge in [0, 0.05) is 17.4 Å². The Morgan fingerprint density at radius 1 is 1.00 bits per heavy atom. The summed E-state index contributed by atoms with van der Waals surface area (Å²) in [5.41, 5.74) is 2.22. The van der Waals surface area contributed by atoms with E-state index in [-0.39, 0.29) is 5.78 Å². The van der Waals surface area contributed by atoms with Crippen LogP contribution in [0.5, 0.6) is 0 Å². The smallest absolute Gasteiger partial charge is 0.227 e. The predicted octanol–water partition coefficient (Wildman–Crippen LogP) is 3.32. The first-order valence-corrected chi connectivity index (χ1v) is 6.96. The third-order valence-corrected chi connectivity index (χ3v) is 3.19. The van der Waals surface area contributed by atoms with E-state index in [1.54, 1.807) is 42.5 Å². The maximum Gasteiger partial charge on any atom is 0.227 e. The molecule has 3 aromatic rings. The fourth-order valence-electron chi connectivity index (χ4n) is 2.04. The normalized spacial score (nSPS) is 9.87. The van der Waals surface area contributed by atoms with Crippen molar-refractivity contribution in [1.29, 1.82) is 5.26 Å². The molecule has 3 rings (SSSR count). The van der Waals surface area contributed by atoms with Gasteiger partial charge in [-0.3, -0.25) is 4.79 Å². The summed E-state index contributed by atoms with van der Waals surface area (Å²) < 4.78 is 0. The van der Waals surface area contributed by atoms with E-state index >= 15 is 0 Å². The lowest BCUT2D eigenvalue weighted by molar-refractivity contribution is 0.103. The summed E-state index contributed by atoms with van der Waals surface area (Å²) >= 11 is 0. The molecule has 0 saturated carbocycles. The number of nitrogens with zero attached hydrogens (tertiary/aromatic N) is 3. The lowest BCUT2D eigenvalue weighted by Gasteiger charge is -2.06. The molecule has 0 aliphatic heterocycles. The van der Waals surface area contributed by atoms with Gasteiger partial charge in [0.05, 0.1) is 11.6 Å². The van der Waals surface area contributed by atoms with Gasteiger partial charge in [-0.25, -0.2) is 9.97 Å². The van der Waals surface area contributed by atoms with Gasteiger partial charge in [-0.05, 0) is 30.3 Å². The van der Waals surface area contributed by atoms with Crippen LogP contribution in [0, 0.1) is 11.3 Å². The fraction of sp³-hybridized carbons (Fsp3) is 0. The molecule has 0 saturated heterocycles. The van der Waals surface area contributed by atoms with E-state index in [1.165, 1.54) is 6.20 Å². The molecule has 0 amide bonds. The van der Waals surface area contributed by atoms with E-state index < -0.39 is 0 Å². The molecule has 0 aliphatic carbocycles. The minimum Gasteiger partial charge on any atom is -0.324 e. The molecular weight excluding hydrogens is 288 g/mol. The summed E-state index contributed by atoms with van der Waals surface area (Å²) in [4.78, 5) is 20.7. The third kappa shape index (κ3) is 3.39. The van der Waals surface area contributed by atoms with Crippen molar-refractivity contribution in [1.82, 2.24) is 9.97 Å². The summed E-state index contributed by atoms with van der Waals surface area (Å²) in [6, 6.07) is 19.5. The number of rotatable bonds is 4. The van der Waals surface area contributed by atoms with Crippen LogP contribution in [-0.4, -0.2) is 15.8 Å². The number of carbonyl (C=O) groups excluding carboxylic acids is 1. The molecule has 0 atom stereocenters. The number of aromatic nitrogens is 2. The maximum atomic E-state index is 12.4. The topological polar surface area (TPSA) is 78.7 Å². The van der Waals surface area contributed by atoms with Crippen molar-refractivity contribution in [2.24, 2.45) is 0 Å². The Balaban J connectivity index is 1.82. The van der Waals surface area contributed by atoms with Crippen molar-refractivity contribution in [3.8, 4) is 6.07 Å². The summed E-state index contributed by atoms with van der Waals surface area (Å²) in [6.45, 7) is 0. The van der Waals surface area contributed by atoms with Gasteiger partial charge in [0.15, 0.2) is 0 Å². The molecule has 23 heavy (non-hydrogen) atoms. The largest absolute Gasteiger partial charge is 0.324 e. The third-order valence-electron chi connectivity index (χ3n) is 3.19. The van der Waals surface area contributed by atoms with E-state index in [4.69, 9.17) is 5.26 Å². The number of nitrogens with one attached hydrogen (secondary N) is 1. The van der Waals surface area contributed by atoms with Crippen LogP contribution in [-0.2, 0) is 0 Å². The molecule has 1 N–H and O–H groups in total. The van der Waals surface area contributed by atoms with Crippen molar-refractivity contribution in [2.45, 2.75) is 0 Å². The molecule has 1 heterocycles. The zero-order valence-corrected chi connectivity index (χ0v) is 12.1. The lowest BCUT2D eigenvalue weighted by Crippen LogP contribution is -2.06. The van der Waals surface area contributed by atoms with Crippen molar-refractivity contribution in [3.05, 3.63) is 83.7 Å². The first-order valence-electron chi connectivity index (χ1n) is 6.96. The Hall–Kier alpha value is -3.52. The van der Waals surface area contributed by atoms with E-state index in [2.05, 4.69) is 21.4 Å². The summed E-state index contributed by atoms with van der Waals surface area (Å²) in [7, 11) is 0. The van der Waals surface area contributed by atoms with Crippen molar-refractivity contribution in [3.63, 3.8) is 0 Å². The number of anilines is 2. The Morgan fingerprint density at radius 3 is 2.43 bits per heavy atom. The summed E-state index contributed by atoms with van der Waals surface area (Å²) in [5.74, 6) is 0.173. The predicted molar refractivity (Wildman–Crippen MR) is 86.3 cm³/mol. The molecule has 110 valence electrons. The maximum absolute atomic E-state index is 12.4. The molecule has 0 bridgehead atoms. The Morgan fingerprint density at radius 2 is 1.74 bits per heavy atom. The monoisotopic (exact) mass is 300 g/mol.